The maximum Gasteiger partial charge on any atom is -0.0210 e. The number of rotatable bonds is 6. The maximum absolute atomic E-state index is 2.34. The topological polar surface area (TPSA) is 0 Å². The summed E-state index contributed by atoms with van der Waals surface area (Å²) in [5, 5.41) is 0. The maximum atomic E-state index is 2.34. The van der Waals surface area contributed by atoms with Crippen molar-refractivity contribution < 1.29 is 0 Å². The highest BCUT2D eigenvalue weighted by molar-refractivity contribution is 5.05. The number of hydrogen-bond acceptors (Lipinski definition) is 0. The lowest BCUT2D eigenvalue weighted by molar-refractivity contribution is 0.281. The first-order chi connectivity index (χ1) is 9.33. The Balaban J connectivity index is 1.65. The molecule has 0 spiro atoms. The fraction of sp³-hybridized carbons (Fsp3) is 0.895. The van der Waals surface area contributed by atoms with Crippen LogP contribution in [0.5, 0.6) is 0 Å². The molecule has 2 aliphatic carbocycles. The molecule has 2 radical (unpaired) electrons. The smallest absolute Gasteiger partial charge is 0.0210 e. The van der Waals surface area contributed by atoms with Crippen LogP contribution in [0.25, 0.3) is 0 Å². The minimum absolute atomic E-state index is 1.01. The molecule has 0 amide bonds. The van der Waals surface area contributed by atoms with Crippen LogP contribution in [0.4, 0.5) is 0 Å². The van der Waals surface area contributed by atoms with Gasteiger partial charge in [-0.25, -0.2) is 0 Å². The van der Waals surface area contributed by atoms with Gasteiger partial charge in [0.25, 0.3) is 0 Å². The summed E-state index contributed by atoms with van der Waals surface area (Å²) in [5.41, 5.74) is 0. The molecule has 110 valence electrons. The number of unbranched alkanes of at least 4 members (excludes halogenated alkanes) is 1. The molecule has 0 unspecified atom stereocenters. The zero-order valence-corrected chi connectivity index (χ0v) is 13.3. The van der Waals surface area contributed by atoms with Crippen LogP contribution in [0, 0.1) is 23.7 Å². The first kappa shape index (κ1) is 15.4. The summed E-state index contributed by atoms with van der Waals surface area (Å²) in [4.78, 5) is 0. The predicted molar refractivity (Wildman–Crippen MR) is 84.8 cm³/mol. The van der Waals surface area contributed by atoms with Crippen molar-refractivity contribution in [1.29, 1.82) is 0 Å². The van der Waals surface area contributed by atoms with Gasteiger partial charge in [-0.1, -0.05) is 39.5 Å². The van der Waals surface area contributed by atoms with E-state index in [1.54, 1.807) is 0 Å². The van der Waals surface area contributed by atoms with Gasteiger partial charge in [0.05, 0.1) is 0 Å². The molecule has 0 bridgehead atoms. The predicted octanol–water partition coefficient (Wildman–Crippen LogP) is 6.51. The van der Waals surface area contributed by atoms with Crippen LogP contribution in [0.1, 0.15) is 97.3 Å². The third-order valence-electron chi connectivity index (χ3n) is 5.60. The minimum atomic E-state index is 1.01. The lowest BCUT2D eigenvalue weighted by Crippen LogP contribution is -2.23. The van der Waals surface area contributed by atoms with Gasteiger partial charge in [-0.2, -0.15) is 0 Å². The Morgan fingerprint density at radius 2 is 1.53 bits per heavy atom. The fourth-order valence-corrected chi connectivity index (χ4v) is 4.26. The monoisotopic (exact) mass is 262 g/mol. The Hall–Kier alpha value is 0. The molecule has 2 rings (SSSR count). The zero-order chi connectivity index (χ0) is 13.5. The Kier molecular flexibility index (Phi) is 6.74. The average molecular weight is 262 g/mol. The molecule has 0 aromatic carbocycles. The molecule has 2 saturated carbocycles. The van der Waals surface area contributed by atoms with E-state index in [-0.39, 0.29) is 0 Å². The van der Waals surface area contributed by atoms with E-state index in [0.717, 1.165) is 11.8 Å². The van der Waals surface area contributed by atoms with Crippen molar-refractivity contribution in [3.05, 3.63) is 11.8 Å². The van der Waals surface area contributed by atoms with Crippen molar-refractivity contribution in [3.8, 4) is 0 Å². The summed E-state index contributed by atoms with van der Waals surface area (Å²) in [6.07, 6.45) is 18.9. The SMILES string of the molecule is CCCC[C]1CCC([C]2CCC(CCC)CC2)CC1. The van der Waals surface area contributed by atoms with E-state index in [9.17, 15) is 0 Å². The van der Waals surface area contributed by atoms with Gasteiger partial charge in [0, 0.05) is 0 Å². The molecular formula is C19H34. The Bertz CT molecular complexity index is 216. The van der Waals surface area contributed by atoms with Crippen molar-refractivity contribution in [3.63, 3.8) is 0 Å². The third-order valence-corrected chi connectivity index (χ3v) is 5.60. The van der Waals surface area contributed by atoms with Crippen LogP contribution in [-0.4, -0.2) is 0 Å². The quantitative estimate of drug-likeness (QED) is 0.512. The number of hydrogen-bond donors (Lipinski definition) is 0. The summed E-state index contributed by atoms with van der Waals surface area (Å²) in [5.74, 6) is 5.91. The second-order valence-corrected chi connectivity index (χ2v) is 7.02. The molecule has 0 aromatic heterocycles. The lowest BCUT2D eigenvalue weighted by Gasteiger charge is -2.37. The zero-order valence-electron chi connectivity index (χ0n) is 13.3. The van der Waals surface area contributed by atoms with E-state index in [4.69, 9.17) is 0 Å². The molecule has 0 heterocycles. The Morgan fingerprint density at radius 1 is 0.842 bits per heavy atom. The molecule has 0 aliphatic heterocycles. The van der Waals surface area contributed by atoms with E-state index >= 15 is 0 Å². The Morgan fingerprint density at radius 3 is 2.11 bits per heavy atom. The highest BCUT2D eigenvalue weighted by Crippen LogP contribution is 2.44. The molecule has 0 saturated heterocycles. The van der Waals surface area contributed by atoms with E-state index in [1.807, 2.05) is 11.8 Å². The molecule has 0 nitrogen and oxygen atoms in total. The van der Waals surface area contributed by atoms with Crippen LogP contribution in [0.2, 0.25) is 0 Å². The van der Waals surface area contributed by atoms with Gasteiger partial charge in [-0.3, -0.25) is 0 Å². The minimum Gasteiger partial charge on any atom is -0.0654 e. The molecule has 0 heteroatoms. The Labute approximate surface area is 121 Å². The fourth-order valence-electron chi connectivity index (χ4n) is 4.26. The molecule has 0 atom stereocenters. The molecule has 2 fully saturated rings. The summed E-state index contributed by atoms with van der Waals surface area (Å²) in [7, 11) is 0. The van der Waals surface area contributed by atoms with Crippen molar-refractivity contribution in [2.75, 3.05) is 0 Å². The van der Waals surface area contributed by atoms with Gasteiger partial charge in [-0.05, 0) is 81.5 Å². The first-order valence-electron chi connectivity index (χ1n) is 9.01. The van der Waals surface area contributed by atoms with E-state index in [1.165, 1.54) is 83.5 Å². The van der Waals surface area contributed by atoms with Gasteiger partial charge in [0.2, 0.25) is 0 Å². The van der Waals surface area contributed by atoms with Gasteiger partial charge < -0.3 is 0 Å². The lowest BCUT2D eigenvalue weighted by atomic mass is 9.68. The summed E-state index contributed by atoms with van der Waals surface area (Å²) in [6.45, 7) is 4.66. The summed E-state index contributed by atoms with van der Waals surface area (Å²) < 4.78 is 0. The average Bonchev–Trinajstić information content (AvgIpc) is 2.47. The summed E-state index contributed by atoms with van der Waals surface area (Å²) >= 11 is 0. The second-order valence-electron chi connectivity index (χ2n) is 7.02. The molecule has 2 aliphatic rings. The largest absolute Gasteiger partial charge is 0.0654 e. The van der Waals surface area contributed by atoms with E-state index < -0.39 is 0 Å². The molecule has 0 N–H and O–H groups in total. The van der Waals surface area contributed by atoms with Gasteiger partial charge in [-0.15, -0.1) is 0 Å². The normalized spacial score (nSPS) is 24.9. The molecule has 19 heavy (non-hydrogen) atoms. The van der Waals surface area contributed by atoms with Crippen molar-refractivity contribution in [2.24, 2.45) is 11.8 Å². The summed E-state index contributed by atoms with van der Waals surface area (Å²) in [6, 6.07) is 0. The van der Waals surface area contributed by atoms with Crippen LogP contribution < -0.4 is 0 Å². The first-order valence-corrected chi connectivity index (χ1v) is 9.01. The van der Waals surface area contributed by atoms with Crippen LogP contribution in [0.15, 0.2) is 0 Å². The highest BCUT2D eigenvalue weighted by atomic mass is 14.4. The van der Waals surface area contributed by atoms with Crippen molar-refractivity contribution in [2.45, 2.75) is 97.3 Å². The standard InChI is InChI=1S/C19H34/c1-3-5-7-17-10-14-19(15-11-17)18-12-8-16(6-4-2)9-13-18/h16,19H,3-15H2,1-2H3. The second kappa shape index (κ2) is 8.32. The van der Waals surface area contributed by atoms with Crippen LogP contribution in [-0.2, 0) is 0 Å². The van der Waals surface area contributed by atoms with Crippen molar-refractivity contribution in [1.82, 2.24) is 0 Å². The highest BCUT2D eigenvalue weighted by Gasteiger charge is 2.30. The molecular weight excluding hydrogens is 228 g/mol. The molecule has 0 aromatic rings. The van der Waals surface area contributed by atoms with Crippen molar-refractivity contribution >= 4 is 0 Å². The van der Waals surface area contributed by atoms with Gasteiger partial charge >= 0.3 is 0 Å². The van der Waals surface area contributed by atoms with Crippen LogP contribution >= 0.6 is 0 Å². The van der Waals surface area contributed by atoms with E-state index in [0.29, 0.717) is 0 Å². The van der Waals surface area contributed by atoms with Gasteiger partial charge in [0.1, 0.15) is 0 Å². The van der Waals surface area contributed by atoms with Gasteiger partial charge in [0.15, 0.2) is 0 Å². The third kappa shape index (κ3) is 4.80. The van der Waals surface area contributed by atoms with Crippen LogP contribution in [0.3, 0.4) is 0 Å². The van der Waals surface area contributed by atoms with E-state index in [2.05, 4.69) is 13.8 Å².